The largest absolute Gasteiger partial charge is 0.345 e. The smallest absolute Gasteiger partial charge is 0.341 e. The van der Waals surface area contributed by atoms with Gasteiger partial charge in [0.25, 0.3) is 0 Å². The molecule has 118 valence electrons. The number of hydrogen-bond acceptors (Lipinski definition) is 4. The molecule has 0 bridgehead atoms. The molecule has 0 aliphatic carbocycles. The summed E-state index contributed by atoms with van der Waals surface area (Å²) < 4.78 is 0. The Hall–Kier alpha value is -2.44. The second-order valence-corrected chi connectivity index (χ2v) is 5.50. The lowest BCUT2D eigenvalue weighted by Gasteiger charge is -2.17. The van der Waals surface area contributed by atoms with Crippen LogP contribution in [0.15, 0.2) is 11.0 Å². The van der Waals surface area contributed by atoms with E-state index < -0.39 is 0 Å². The molecule has 2 N–H and O–H groups in total. The van der Waals surface area contributed by atoms with E-state index in [0.717, 1.165) is 22.5 Å². The quantitative estimate of drug-likeness (QED) is 0.862. The number of aryl methyl sites for hydroxylation is 3. The van der Waals surface area contributed by atoms with E-state index in [1.165, 1.54) is 0 Å². The molecule has 0 radical (unpaired) electrons. The van der Waals surface area contributed by atoms with Gasteiger partial charge in [0.15, 0.2) is 0 Å². The van der Waals surface area contributed by atoms with Gasteiger partial charge in [0.2, 0.25) is 5.91 Å². The lowest BCUT2D eigenvalue weighted by molar-refractivity contribution is -0.130. The Bertz CT molecular complexity index is 706. The third kappa shape index (κ3) is 3.60. The molecule has 0 aromatic carbocycles. The monoisotopic (exact) mass is 303 g/mol. The van der Waals surface area contributed by atoms with E-state index >= 15 is 0 Å². The summed E-state index contributed by atoms with van der Waals surface area (Å²) in [5, 5.41) is 6.82. The van der Waals surface area contributed by atoms with Crippen LogP contribution in [-0.2, 0) is 17.8 Å². The summed E-state index contributed by atoms with van der Waals surface area (Å²) in [5.74, 6) is 0.0469. The summed E-state index contributed by atoms with van der Waals surface area (Å²) in [6, 6.07) is 0. The van der Waals surface area contributed by atoms with Crippen molar-refractivity contribution in [3.8, 4) is 0 Å². The van der Waals surface area contributed by atoms with E-state index in [0.29, 0.717) is 25.1 Å². The van der Waals surface area contributed by atoms with Gasteiger partial charge >= 0.3 is 5.69 Å². The second kappa shape index (κ2) is 6.55. The van der Waals surface area contributed by atoms with E-state index in [4.69, 9.17) is 0 Å². The van der Waals surface area contributed by atoms with Crippen LogP contribution in [0.3, 0.4) is 0 Å². The van der Waals surface area contributed by atoms with Gasteiger partial charge in [-0.15, -0.1) is 0 Å². The molecule has 2 aromatic heterocycles. The molecule has 0 saturated carbocycles. The average Bonchev–Trinajstić information content (AvgIpc) is 2.82. The minimum atomic E-state index is -0.349. The fourth-order valence-electron chi connectivity index (χ4n) is 2.42. The van der Waals surface area contributed by atoms with Gasteiger partial charge in [-0.05, 0) is 32.8 Å². The Balaban J connectivity index is 1.98. The highest BCUT2D eigenvalue weighted by molar-refractivity contribution is 5.76. The number of H-pyrrole nitrogens is 2. The molecule has 1 amide bonds. The molecule has 22 heavy (non-hydrogen) atoms. The molecule has 7 nitrogen and oxygen atoms in total. The van der Waals surface area contributed by atoms with Gasteiger partial charge in [-0.1, -0.05) is 0 Å². The lowest BCUT2D eigenvalue weighted by atomic mass is 10.1. The molecule has 7 heteroatoms. The maximum absolute atomic E-state index is 12.2. The van der Waals surface area contributed by atoms with Crippen LogP contribution in [0.4, 0.5) is 0 Å². The molecule has 2 aromatic rings. The van der Waals surface area contributed by atoms with E-state index in [1.54, 1.807) is 25.1 Å². The third-order valence-corrected chi connectivity index (χ3v) is 3.81. The minimum absolute atomic E-state index is 0.0469. The Kier molecular flexibility index (Phi) is 4.75. The molecule has 2 heterocycles. The topological polar surface area (TPSA) is 94.7 Å². The Morgan fingerprint density at radius 3 is 2.59 bits per heavy atom. The first-order valence-electron chi connectivity index (χ1n) is 7.17. The standard InChI is InChI=1S/C15H21N5O2/c1-9-12(7-16-19-9)8-20(4)14(21)6-5-13-10(2)17-15(22)18-11(13)3/h7H,5-6,8H2,1-4H3,(H,16,19)(H,17,18,22). The fraction of sp³-hybridized carbons (Fsp3) is 0.467. The Morgan fingerprint density at radius 1 is 1.27 bits per heavy atom. The number of hydrogen-bond donors (Lipinski definition) is 2. The molecule has 0 saturated heterocycles. The lowest BCUT2D eigenvalue weighted by Crippen LogP contribution is -2.27. The van der Waals surface area contributed by atoms with Crippen LogP contribution in [0.1, 0.15) is 34.6 Å². The van der Waals surface area contributed by atoms with Gasteiger partial charge < -0.3 is 9.88 Å². The van der Waals surface area contributed by atoms with E-state index in [9.17, 15) is 9.59 Å². The molecule has 0 atom stereocenters. The highest BCUT2D eigenvalue weighted by atomic mass is 16.2. The van der Waals surface area contributed by atoms with Crippen LogP contribution < -0.4 is 5.69 Å². The first kappa shape index (κ1) is 15.9. The number of aromatic amines is 2. The number of carbonyl (C=O) groups is 1. The molecule has 0 fully saturated rings. The SMILES string of the molecule is Cc1nc(=O)[nH]c(C)c1CCC(=O)N(C)Cc1cn[nH]c1C. The second-order valence-electron chi connectivity index (χ2n) is 5.50. The number of nitrogens with one attached hydrogen (secondary N) is 2. The van der Waals surface area contributed by atoms with Crippen LogP contribution in [0, 0.1) is 20.8 Å². The van der Waals surface area contributed by atoms with Gasteiger partial charge in [0.1, 0.15) is 0 Å². The van der Waals surface area contributed by atoms with E-state index in [2.05, 4.69) is 20.2 Å². The summed E-state index contributed by atoms with van der Waals surface area (Å²) in [5.41, 5.74) is 4.02. The molecule has 0 unspecified atom stereocenters. The molecule has 0 aliphatic rings. The molecule has 0 spiro atoms. The number of aromatic nitrogens is 4. The number of nitrogens with zero attached hydrogens (tertiary/aromatic N) is 3. The zero-order valence-electron chi connectivity index (χ0n) is 13.4. The Morgan fingerprint density at radius 2 is 2.00 bits per heavy atom. The number of rotatable bonds is 5. The van der Waals surface area contributed by atoms with Crippen molar-refractivity contribution in [1.82, 2.24) is 25.1 Å². The van der Waals surface area contributed by atoms with Gasteiger partial charge in [-0.2, -0.15) is 10.1 Å². The van der Waals surface area contributed by atoms with Crippen molar-refractivity contribution in [3.63, 3.8) is 0 Å². The van der Waals surface area contributed by atoms with Crippen LogP contribution >= 0.6 is 0 Å². The van der Waals surface area contributed by atoms with Crippen molar-refractivity contribution >= 4 is 5.91 Å². The Labute approximate surface area is 128 Å². The summed E-state index contributed by atoms with van der Waals surface area (Å²) in [6.45, 7) is 6.08. The maximum Gasteiger partial charge on any atom is 0.345 e. The van der Waals surface area contributed by atoms with Gasteiger partial charge in [-0.3, -0.25) is 9.89 Å². The van der Waals surface area contributed by atoms with Gasteiger partial charge in [0.05, 0.1) is 6.20 Å². The van der Waals surface area contributed by atoms with E-state index in [1.807, 2.05) is 13.8 Å². The predicted molar refractivity (Wildman–Crippen MR) is 82.5 cm³/mol. The van der Waals surface area contributed by atoms with Crippen molar-refractivity contribution in [3.05, 3.63) is 44.9 Å². The van der Waals surface area contributed by atoms with Crippen molar-refractivity contribution in [2.75, 3.05) is 7.05 Å². The van der Waals surface area contributed by atoms with Crippen molar-refractivity contribution < 1.29 is 4.79 Å². The highest BCUT2D eigenvalue weighted by Gasteiger charge is 2.14. The summed E-state index contributed by atoms with van der Waals surface area (Å²) >= 11 is 0. The van der Waals surface area contributed by atoms with Gasteiger partial charge in [-0.25, -0.2) is 4.79 Å². The number of amides is 1. The predicted octanol–water partition coefficient (Wildman–Crippen LogP) is 1.01. The third-order valence-electron chi connectivity index (χ3n) is 3.81. The van der Waals surface area contributed by atoms with Crippen LogP contribution in [0.5, 0.6) is 0 Å². The molecule has 0 aliphatic heterocycles. The molecular formula is C15H21N5O2. The summed E-state index contributed by atoms with van der Waals surface area (Å²) in [6.07, 6.45) is 2.68. The fourth-order valence-corrected chi connectivity index (χ4v) is 2.42. The van der Waals surface area contributed by atoms with E-state index in [-0.39, 0.29) is 11.6 Å². The van der Waals surface area contributed by atoms with Crippen LogP contribution in [0.25, 0.3) is 0 Å². The normalized spacial score (nSPS) is 10.7. The molecule has 2 rings (SSSR count). The minimum Gasteiger partial charge on any atom is -0.341 e. The molecular weight excluding hydrogens is 282 g/mol. The van der Waals surface area contributed by atoms with Crippen molar-refractivity contribution in [2.45, 2.75) is 40.2 Å². The number of carbonyl (C=O) groups excluding carboxylic acids is 1. The van der Waals surface area contributed by atoms with Crippen molar-refractivity contribution in [2.24, 2.45) is 0 Å². The first-order chi connectivity index (χ1) is 10.4. The summed E-state index contributed by atoms with van der Waals surface area (Å²) in [4.78, 5) is 31.8. The zero-order valence-corrected chi connectivity index (χ0v) is 13.4. The van der Waals surface area contributed by atoms with Crippen molar-refractivity contribution in [1.29, 1.82) is 0 Å². The average molecular weight is 303 g/mol. The zero-order chi connectivity index (χ0) is 16.3. The van der Waals surface area contributed by atoms with Crippen LogP contribution in [0.2, 0.25) is 0 Å². The van der Waals surface area contributed by atoms with Gasteiger partial charge in [0, 0.05) is 42.7 Å². The summed E-state index contributed by atoms with van der Waals surface area (Å²) in [7, 11) is 1.78. The van der Waals surface area contributed by atoms with Crippen LogP contribution in [-0.4, -0.2) is 38.0 Å². The highest BCUT2D eigenvalue weighted by Crippen LogP contribution is 2.12. The first-order valence-corrected chi connectivity index (χ1v) is 7.17. The maximum atomic E-state index is 12.2.